The maximum atomic E-state index is 12.1. The molecular weight excluding hydrogens is 210 g/mol. The van der Waals surface area contributed by atoms with Gasteiger partial charge in [0.1, 0.15) is 0 Å². The van der Waals surface area contributed by atoms with Gasteiger partial charge in [-0.1, -0.05) is 6.92 Å². The van der Waals surface area contributed by atoms with Crippen molar-refractivity contribution in [1.29, 1.82) is 0 Å². The zero-order valence-corrected chi connectivity index (χ0v) is 9.80. The maximum absolute atomic E-state index is 12.1. The second-order valence-corrected chi connectivity index (χ2v) is 5.39. The molecule has 0 radical (unpaired) electrons. The van der Waals surface area contributed by atoms with Gasteiger partial charge in [0.05, 0.1) is 11.8 Å². The highest BCUT2D eigenvalue weighted by Gasteiger charge is 2.23. The lowest BCUT2D eigenvalue weighted by Crippen LogP contribution is -2.41. The zero-order valence-electron chi connectivity index (χ0n) is 8.99. The number of carbonyl (C=O) groups is 1. The summed E-state index contributed by atoms with van der Waals surface area (Å²) in [6, 6.07) is 0. The molecule has 1 unspecified atom stereocenters. The third-order valence-electron chi connectivity index (χ3n) is 2.59. The number of amides is 1. The minimum absolute atomic E-state index is 0.105. The van der Waals surface area contributed by atoms with Gasteiger partial charge in [-0.3, -0.25) is 9.89 Å². The average Bonchev–Trinajstić information content (AvgIpc) is 2.63. The molecule has 0 bridgehead atoms. The summed E-state index contributed by atoms with van der Waals surface area (Å²) >= 11 is 1.92. The lowest BCUT2D eigenvalue weighted by atomic mass is 10.2. The Morgan fingerprint density at radius 3 is 3.13 bits per heavy atom. The fourth-order valence-electron chi connectivity index (χ4n) is 1.74. The first-order valence-corrected chi connectivity index (χ1v) is 6.14. The molecule has 0 aliphatic carbocycles. The quantitative estimate of drug-likeness (QED) is 0.783. The summed E-state index contributed by atoms with van der Waals surface area (Å²) in [7, 11) is 0. The van der Waals surface area contributed by atoms with Crippen LogP contribution < -0.4 is 0 Å². The molecule has 2 rings (SSSR count). The third kappa shape index (κ3) is 2.17. The van der Waals surface area contributed by atoms with Gasteiger partial charge in [0.25, 0.3) is 5.91 Å². The molecular formula is C10H15N3OS. The topological polar surface area (TPSA) is 49.0 Å². The van der Waals surface area contributed by atoms with Crippen LogP contribution in [0.25, 0.3) is 0 Å². The Kier molecular flexibility index (Phi) is 3.00. The van der Waals surface area contributed by atoms with Crippen molar-refractivity contribution in [2.24, 2.45) is 0 Å². The van der Waals surface area contributed by atoms with E-state index in [4.69, 9.17) is 0 Å². The van der Waals surface area contributed by atoms with Crippen LogP contribution in [0.4, 0.5) is 0 Å². The predicted octanol–water partition coefficient (Wildman–Crippen LogP) is 1.30. The summed E-state index contributed by atoms with van der Waals surface area (Å²) in [5.74, 6) is 1.14. The van der Waals surface area contributed by atoms with Crippen molar-refractivity contribution in [2.75, 3.05) is 18.8 Å². The highest BCUT2D eigenvalue weighted by molar-refractivity contribution is 7.99. The lowest BCUT2D eigenvalue weighted by Gasteiger charge is -2.30. The number of hydrogen-bond donors (Lipinski definition) is 1. The van der Waals surface area contributed by atoms with E-state index in [1.807, 2.05) is 23.6 Å². The molecule has 1 amide bonds. The Hall–Kier alpha value is -0.970. The molecule has 1 aliphatic rings. The number of nitrogens with one attached hydrogen (secondary N) is 1. The summed E-state index contributed by atoms with van der Waals surface area (Å²) in [5.41, 5.74) is 1.56. The van der Waals surface area contributed by atoms with Gasteiger partial charge in [-0.05, 0) is 6.92 Å². The van der Waals surface area contributed by atoms with Crippen LogP contribution in [0, 0.1) is 6.92 Å². The number of rotatable bonds is 1. The predicted molar refractivity (Wildman–Crippen MR) is 61.1 cm³/mol. The van der Waals surface area contributed by atoms with Gasteiger partial charge in [-0.2, -0.15) is 16.9 Å². The molecule has 1 aromatic heterocycles. The number of carbonyl (C=O) groups excluding carboxylic acids is 1. The van der Waals surface area contributed by atoms with E-state index in [1.54, 1.807) is 6.20 Å². The van der Waals surface area contributed by atoms with Crippen LogP contribution in [-0.4, -0.2) is 45.1 Å². The van der Waals surface area contributed by atoms with E-state index in [0.29, 0.717) is 10.8 Å². The summed E-state index contributed by atoms with van der Waals surface area (Å²) in [5, 5.41) is 7.21. The normalized spacial score (nSPS) is 21.7. The van der Waals surface area contributed by atoms with Crippen LogP contribution in [-0.2, 0) is 0 Å². The zero-order chi connectivity index (χ0) is 10.8. The molecule has 1 aliphatic heterocycles. The van der Waals surface area contributed by atoms with Gasteiger partial charge in [-0.25, -0.2) is 0 Å². The van der Waals surface area contributed by atoms with Crippen molar-refractivity contribution in [3.05, 3.63) is 17.5 Å². The van der Waals surface area contributed by atoms with Crippen LogP contribution in [0.15, 0.2) is 6.20 Å². The molecule has 1 atom stereocenters. The molecule has 1 fully saturated rings. The Morgan fingerprint density at radius 2 is 2.53 bits per heavy atom. The molecule has 4 nitrogen and oxygen atoms in total. The summed E-state index contributed by atoms with van der Waals surface area (Å²) in [4.78, 5) is 14.0. The van der Waals surface area contributed by atoms with Crippen LogP contribution in [0.1, 0.15) is 23.0 Å². The number of nitrogens with zero attached hydrogens (tertiary/aromatic N) is 2. The average molecular weight is 225 g/mol. The first-order valence-electron chi connectivity index (χ1n) is 5.09. The van der Waals surface area contributed by atoms with Gasteiger partial charge in [0.2, 0.25) is 0 Å². The highest BCUT2D eigenvalue weighted by atomic mass is 32.2. The van der Waals surface area contributed by atoms with Gasteiger partial charge < -0.3 is 4.90 Å². The smallest absolute Gasteiger partial charge is 0.257 e. The monoisotopic (exact) mass is 225 g/mol. The Balaban J connectivity index is 2.11. The number of H-pyrrole nitrogens is 1. The maximum Gasteiger partial charge on any atom is 0.257 e. The van der Waals surface area contributed by atoms with E-state index >= 15 is 0 Å². The van der Waals surface area contributed by atoms with E-state index in [2.05, 4.69) is 17.1 Å². The minimum Gasteiger partial charge on any atom is -0.337 e. The van der Waals surface area contributed by atoms with Crippen molar-refractivity contribution >= 4 is 17.7 Å². The Labute approximate surface area is 93.4 Å². The van der Waals surface area contributed by atoms with Crippen LogP contribution in [0.3, 0.4) is 0 Å². The van der Waals surface area contributed by atoms with Crippen molar-refractivity contribution < 1.29 is 4.79 Å². The Morgan fingerprint density at radius 1 is 1.73 bits per heavy atom. The molecule has 82 valence electrons. The molecule has 2 heterocycles. The van der Waals surface area contributed by atoms with E-state index in [-0.39, 0.29) is 5.91 Å². The second-order valence-electron chi connectivity index (χ2n) is 3.84. The lowest BCUT2D eigenvalue weighted by molar-refractivity contribution is 0.0762. The summed E-state index contributed by atoms with van der Waals surface area (Å²) in [6.45, 7) is 5.72. The number of thioether (sulfide) groups is 1. The molecule has 1 saturated heterocycles. The third-order valence-corrected chi connectivity index (χ3v) is 3.72. The fraction of sp³-hybridized carbons (Fsp3) is 0.600. The molecule has 1 aromatic rings. The van der Waals surface area contributed by atoms with Crippen molar-refractivity contribution in [1.82, 2.24) is 15.1 Å². The number of hydrogen-bond acceptors (Lipinski definition) is 3. The van der Waals surface area contributed by atoms with Gasteiger partial charge in [-0.15, -0.1) is 0 Å². The Bertz CT molecular complexity index is 363. The molecule has 0 saturated carbocycles. The second kappa shape index (κ2) is 4.26. The summed E-state index contributed by atoms with van der Waals surface area (Å²) < 4.78 is 0. The van der Waals surface area contributed by atoms with Crippen molar-refractivity contribution in [3.8, 4) is 0 Å². The van der Waals surface area contributed by atoms with E-state index in [1.165, 1.54) is 0 Å². The van der Waals surface area contributed by atoms with Gasteiger partial charge >= 0.3 is 0 Å². The number of aromatic amines is 1. The van der Waals surface area contributed by atoms with Crippen LogP contribution in [0.2, 0.25) is 0 Å². The molecule has 0 spiro atoms. The molecule has 1 N–H and O–H groups in total. The molecule has 5 heteroatoms. The van der Waals surface area contributed by atoms with E-state index in [0.717, 1.165) is 24.5 Å². The van der Waals surface area contributed by atoms with E-state index < -0.39 is 0 Å². The van der Waals surface area contributed by atoms with E-state index in [9.17, 15) is 4.79 Å². The van der Waals surface area contributed by atoms with Crippen molar-refractivity contribution in [2.45, 2.75) is 19.1 Å². The molecule has 0 aromatic carbocycles. The highest BCUT2D eigenvalue weighted by Crippen LogP contribution is 2.19. The minimum atomic E-state index is 0.105. The van der Waals surface area contributed by atoms with Gasteiger partial charge in [0.15, 0.2) is 0 Å². The first kappa shape index (κ1) is 10.5. The fourth-order valence-corrected chi connectivity index (χ4v) is 2.75. The summed E-state index contributed by atoms with van der Waals surface area (Å²) in [6.07, 6.45) is 1.62. The standard InChI is InChI=1S/C10H15N3OS/c1-7-6-13(3-4-15-7)10(14)9-5-11-12-8(9)2/h5,7H,3-4,6H2,1-2H3,(H,11,12). The largest absolute Gasteiger partial charge is 0.337 e. The first-order chi connectivity index (χ1) is 7.18. The van der Waals surface area contributed by atoms with Gasteiger partial charge in [0, 0.05) is 29.8 Å². The number of aromatic nitrogens is 2. The van der Waals surface area contributed by atoms with Crippen LogP contribution in [0.5, 0.6) is 0 Å². The number of aryl methyl sites for hydroxylation is 1. The van der Waals surface area contributed by atoms with Crippen molar-refractivity contribution in [3.63, 3.8) is 0 Å². The molecule has 15 heavy (non-hydrogen) atoms. The SMILES string of the molecule is Cc1[nH]ncc1C(=O)N1CCSC(C)C1. The van der Waals surface area contributed by atoms with Crippen LogP contribution >= 0.6 is 11.8 Å².